The molecule has 0 atom stereocenters. The van der Waals surface area contributed by atoms with Crippen molar-refractivity contribution >= 4 is 5.91 Å². The molecule has 0 aromatic heterocycles. The second-order valence-electron chi connectivity index (χ2n) is 8.10. The maximum absolute atomic E-state index is 13.1. The van der Waals surface area contributed by atoms with Crippen LogP contribution in [0.3, 0.4) is 0 Å². The Morgan fingerprint density at radius 1 is 0.926 bits per heavy atom. The van der Waals surface area contributed by atoms with Gasteiger partial charge in [-0.1, -0.05) is 36.4 Å². The minimum atomic E-state index is 0.122. The number of piperidine rings is 1. The van der Waals surface area contributed by atoms with Crippen LogP contribution in [0.4, 0.5) is 0 Å². The van der Waals surface area contributed by atoms with Crippen molar-refractivity contribution in [3.05, 3.63) is 54.1 Å². The first-order chi connectivity index (χ1) is 13.3. The van der Waals surface area contributed by atoms with Crippen LogP contribution in [-0.2, 0) is 0 Å². The van der Waals surface area contributed by atoms with Gasteiger partial charge in [0, 0.05) is 25.7 Å². The van der Waals surface area contributed by atoms with E-state index in [-0.39, 0.29) is 5.91 Å². The highest BCUT2D eigenvalue weighted by molar-refractivity contribution is 5.98. The number of ether oxygens (including phenoxy) is 1. The largest absolute Gasteiger partial charge is 0.472 e. The van der Waals surface area contributed by atoms with Gasteiger partial charge in [-0.05, 0) is 54.9 Å². The van der Waals surface area contributed by atoms with Crippen molar-refractivity contribution in [3.63, 3.8) is 0 Å². The number of nitrogens with zero attached hydrogens (tertiary/aromatic N) is 2. The zero-order valence-corrected chi connectivity index (χ0v) is 15.6. The smallest absolute Gasteiger partial charge is 0.260 e. The van der Waals surface area contributed by atoms with E-state index in [1.54, 1.807) is 0 Å². The number of fused-ring (bicyclic) bond motifs is 1. The minimum absolute atomic E-state index is 0.122. The lowest BCUT2D eigenvalue weighted by Gasteiger charge is -2.40. The average molecular weight is 362 g/mol. The van der Waals surface area contributed by atoms with E-state index in [0.29, 0.717) is 24.1 Å². The Morgan fingerprint density at radius 2 is 1.70 bits per heavy atom. The molecule has 27 heavy (non-hydrogen) atoms. The van der Waals surface area contributed by atoms with Crippen LogP contribution in [0.25, 0.3) is 11.1 Å². The molecule has 2 aromatic rings. The molecule has 0 spiro atoms. The Labute approximate surface area is 160 Å². The van der Waals surface area contributed by atoms with Gasteiger partial charge in [0.05, 0.1) is 5.56 Å². The SMILES string of the molecule is O=C1c2ccc(-c3ccccc3)cc2OCN1C1CCN(CC2CC2)CC1. The van der Waals surface area contributed by atoms with Gasteiger partial charge in [-0.15, -0.1) is 0 Å². The highest BCUT2D eigenvalue weighted by Gasteiger charge is 2.34. The fourth-order valence-corrected chi connectivity index (χ4v) is 4.33. The summed E-state index contributed by atoms with van der Waals surface area (Å²) >= 11 is 0. The van der Waals surface area contributed by atoms with Crippen LogP contribution in [0.5, 0.6) is 5.75 Å². The van der Waals surface area contributed by atoms with E-state index in [2.05, 4.69) is 17.0 Å². The van der Waals surface area contributed by atoms with E-state index in [1.807, 2.05) is 41.3 Å². The van der Waals surface area contributed by atoms with Crippen molar-refractivity contribution in [1.82, 2.24) is 9.80 Å². The number of hydrogen-bond donors (Lipinski definition) is 0. The standard InChI is InChI=1S/C23H26N2O2/c26-23-21-9-8-19(18-4-2-1-3-5-18)14-22(21)27-16-25(23)20-10-12-24(13-11-20)15-17-6-7-17/h1-5,8-9,14,17,20H,6-7,10-13,15-16H2. The summed E-state index contributed by atoms with van der Waals surface area (Å²) in [4.78, 5) is 17.6. The first kappa shape index (κ1) is 16.8. The van der Waals surface area contributed by atoms with Gasteiger partial charge in [0.25, 0.3) is 5.91 Å². The molecule has 3 aliphatic rings. The molecule has 5 rings (SSSR count). The summed E-state index contributed by atoms with van der Waals surface area (Å²) in [6, 6.07) is 16.5. The zero-order valence-electron chi connectivity index (χ0n) is 15.6. The van der Waals surface area contributed by atoms with E-state index in [0.717, 1.165) is 43.0 Å². The molecule has 1 amide bonds. The number of carbonyl (C=O) groups excluding carboxylic acids is 1. The lowest BCUT2D eigenvalue weighted by atomic mass is 9.99. The van der Waals surface area contributed by atoms with E-state index < -0.39 is 0 Å². The third-order valence-electron chi connectivity index (χ3n) is 6.15. The minimum Gasteiger partial charge on any atom is -0.472 e. The molecule has 1 saturated heterocycles. The predicted octanol–water partition coefficient (Wildman–Crippen LogP) is 4.02. The summed E-state index contributed by atoms with van der Waals surface area (Å²) in [6.07, 6.45) is 4.92. The molecule has 0 unspecified atom stereocenters. The lowest BCUT2D eigenvalue weighted by Crippen LogP contribution is -2.50. The predicted molar refractivity (Wildman–Crippen MR) is 106 cm³/mol. The highest BCUT2D eigenvalue weighted by Crippen LogP contribution is 2.34. The number of likely N-dealkylation sites (tertiary alicyclic amines) is 1. The summed E-state index contributed by atoms with van der Waals surface area (Å²) < 4.78 is 6.01. The monoisotopic (exact) mass is 362 g/mol. The fraction of sp³-hybridized carbons (Fsp3) is 0.435. The first-order valence-corrected chi connectivity index (χ1v) is 10.1. The zero-order chi connectivity index (χ0) is 18.2. The van der Waals surface area contributed by atoms with Gasteiger partial charge >= 0.3 is 0 Å². The topological polar surface area (TPSA) is 32.8 Å². The molecule has 2 aliphatic heterocycles. The lowest BCUT2D eigenvalue weighted by molar-refractivity contribution is 0.0245. The Hall–Kier alpha value is -2.33. The number of hydrogen-bond acceptors (Lipinski definition) is 3. The van der Waals surface area contributed by atoms with Crippen molar-refractivity contribution in [2.45, 2.75) is 31.7 Å². The van der Waals surface area contributed by atoms with Gasteiger partial charge in [0.2, 0.25) is 0 Å². The summed E-state index contributed by atoms with van der Waals surface area (Å²) in [5, 5.41) is 0. The van der Waals surface area contributed by atoms with E-state index >= 15 is 0 Å². The molecule has 0 bridgehead atoms. The average Bonchev–Trinajstić information content (AvgIpc) is 3.54. The molecule has 4 nitrogen and oxygen atoms in total. The Bertz CT molecular complexity index is 824. The Balaban J connectivity index is 1.28. The molecule has 0 N–H and O–H groups in total. The van der Waals surface area contributed by atoms with Gasteiger partial charge in [0.1, 0.15) is 5.75 Å². The molecule has 2 heterocycles. The molecular weight excluding hydrogens is 336 g/mol. The van der Waals surface area contributed by atoms with E-state index in [4.69, 9.17) is 4.74 Å². The fourth-order valence-electron chi connectivity index (χ4n) is 4.33. The maximum Gasteiger partial charge on any atom is 0.260 e. The molecule has 4 heteroatoms. The van der Waals surface area contributed by atoms with Crippen LogP contribution >= 0.6 is 0 Å². The van der Waals surface area contributed by atoms with Gasteiger partial charge in [-0.2, -0.15) is 0 Å². The number of rotatable bonds is 4. The van der Waals surface area contributed by atoms with Crippen LogP contribution in [-0.4, -0.2) is 48.1 Å². The first-order valence-electron chi connectivity index (χ1n) is 10.1. The van der Waals surface area contributed by atoms with Crippen molar-refractivity contribution in [1.29, 1.82) is 0 Å². The number of benzene rings is 2. The van der Waals surface area contributed by atoms with Crippen LogP contribution in [0.1, 0.15) is 36.0 Å². The summed E-state index contributed by atoms with van der Waals surface area (Å²) in [5.41, 5.74) is 2.92. The van der Waals surface area contributed by atoms with Crippen LogP contribution in [0.2, 0.25) is 0 Å². The van der Waals surface area contributed by atoms with Gasteiger partial charge < -0.3 is 14.5 Å². The summed E-state index contributed by atoms with van der Waals surface area (Å²) in [5.74, 6) is 1.77. The second-order valence-corrected chi connectivity index (χ2v) is 8.10. The Kier molecular flexibility index (Phi) is 4.36. The molecule has 140 valence electrons. The summed E-state index contributed by atoms with van der Waals surface area (Å²) in [7, 11) is 0. The van der Waals surface area contributed by atoms with Gasteiger partial charge in [-0.3, -0.25) is 4.79 Å². The van der Waals surface area contributed by atoms with Crippen LogP contribution < -0.4 is 4.74 Å². The molecule has 1 saturated carbocycles. The van der Waals surface area contributed by atoms with Crippen molar-refractivity contribution < 1.29 is 9.53 Å². The van der Waals surface area contributed by atoms with Crippen LogP contribution in [0.15, 0.2) is 48.5 Å². The molecule has 2 aromatic carbocycles. The molecule has 0 radical (unpaired) electrons. The molecular formula is C23H26N2O2. The third-order valence-corrected chi connectivity index (χ3v) is 6.15. The maximum atomic E-state index is 13.1. The van der Waals surface area contributed by atoms with Crippen molar-refractivity contribution in [2.24, 2.45) is 5.92 Å². The van der Waals surface area contributed by atoms with Crippen LogP contribution in [0, 0.1) is 5.92 Å². The summed E-state index contributed by atoms with van der Waals surface area (Å²) in [6.45, 7) is 3.83. The van der Waals surface area contributed by atoms with E-state index in [1.165, 1.54) is 19.4 Å². The van der Waals surface area contributed by atoms with Gasteiger partial charge in [-0.25, -0.2) is 0 Å². The van der Waals surface area contributed by atoms with Crippen molar-refractivity contribution in [2.75, 3.05) is 26.4 Å². The highest BCUT2D eigenvalue weighted by atomic mass is 16.5. The molecule has 2 fully saturated rings. The van der Waals surface area contributed by atoms with Gasteiger partial charge in [0.15, 0.2) is 6.73 Å². The quantitative estimate of drug-likeness (QED) is 0.824. The number of amides is 1. The van der Waals surface area contributed by atoms with Crippen molar-refractivity contribution in [3.8, 4) is 16.9 Å². The van der Waals surface area contributed by atoms with E-state index in [9.17, 15) is 4.79 Å². The number of carbonyl (C=O) groups is 1. The normalized spacial score (nSPS) is 21.0. The second kappa shape index (κ2) is 7.01. The third kappa shape index (κ3) is 3.46. The molecule has 1 aliphatic carbocycles. The Morgan fingerprint density at radius 3 is 2.44 bits per heavy atom.